The van der Waals surface area contributed by atoms with Crippen LogP contribution in [0.5, 0.6) is 5.75 Å². The van der Waals surface area contributed by atoms with E-state index in [0.29, 0.717) is 31.4 Å². The molecule has 1 aromatic rings. The van der Waals surface area contributed by atoms with Crippen LogP contribution in [0.25, 0.3) is 0 Å². The average molecular weight is 790 g/mol. The molecule has 318 valence electrons. The van der Waals surface area contributed by atoms with Gasteiger partial charge in [-0.05, 0) is 69.2 Å². The third-order valence-corrected chi connectivity index (χ3v) is 11.6. The quantitative estimate of drug-likeness (QED) is 0.135. The molecule has 0 radical (unpaired) electrons. The van der Waals surface area contributed by atoms with Crippen molar-refractivity contribution in [2.24, 2.45) is 23.7 Å². The number of carbonyl (C=O) groups excluding carboxylic acids is 4. The number of likely N-dealkylation sites (N-methyl/N-ethyl adjacent to an activating group) is 2. The van der Waals surface area contributed by atoms with Crippen molar-refractivity contribution in [1.82, 2.24) is 25.3 Å². The molecule has 1 fully saturated rings. The molecule has 1 heterocycles. The number of phenols is 1. The fraction of sp³-hybridized carbons (Fsp3) is 0.738. The number of hydrogen-bond acceptors (Lipinski definition) is 9. The number of methoxy groups -OCH3 is 2. The van der Waals surface area contributed by atoms with Gasteiger partial charge in [-0.3, -0.25) is 24.1 Å². The molecule has 0 spiro atoms. The normalized spacial score (nSPS) is 18.9. The standard InChI is InChI=1S/C42H71N5O9/c1-14-27(8)37(46(11)41(52)35(24(2)3)44-40(51)36(25(4)5)45(10)26(6)7)33(55-12)23-34(49)47-21-15-16-32(47)38(56-13)28(9)39(50)43-31(42(53)54)22-29-17-19-30(48)20-18-29/h17-20,24-28,31-33,35-38,48H,14-16,21-23H2,1-13H3,(H,43,50)(H,44,51)(H,53,54)/t27?,28-,31?,32+,33-,35+,36+,37+,38-/m1/s1. The van der Waals surface area contributed by atoms with Crippen molar-refractivity contribution < 1.29 is 43.7 Å². The van der Waals surface area contributed by atoms with Crippen LogP contribution in [-0.4, -0.2) is 138 Å². The van der Waals surface area contributed by atoms with Crippen LogP contribution >= 0.6 is 0 Å². The molecule has 9 atom stereocenters. The lowest BCUT2D eigenvalue weighted by Gasteiger charge is -2.41. The van der Waals surface area contributed by atoms with E-state index in [1.54, 1.807) is 35.9 Å². The van der Waals surface area contributed by atoms with Gasteiger partial charge in [0.25, 0.3) is 0 Å². The molecule has 1 aliphatic rings. The van der Waals surface area contributed by atoms with Gasteiger partial charge in [-0.2, -0.15) is 0 Å². The number of likely N-dealkylation sites (tertiary alicyclic amines) is 1. The van der Waals surface area contributed by atoms with Gasteiger partial charge in [0, 0.05) is 40.3 Å². The van der Waals surface area contributed by atoms with Crippen molar-refractivity contribution in [3.8, 4) is 5.75 Å². The number of benzene rings is 1. The number of amides is 4. The summed E-state index contributed by atoms with van der Waals surface area (Å²) in [5.74, 6) is -3.38. The number of hydrogen-bond donors (Lipinski definition) is 4. The van der Waals surface area contributed by atoms with E-state index >= 15 is 0 Å². The topological polar surface area (TPSA) is 178 Å². The highest BCUT2D eigenvalue weighted by molar-refractivity contribution is 5.90. The Labute approximate surface area is 335 Å². The fourth-order valence-corrected chi connectivity index (χ4v) is 7.93. The third kappa shape index (κ3) is 12.6. The summed E-state index contributed by atoms with van der Waals surface area (Å²) in [6.45, 7) is 18.0. The minimum atomic E-state index is -1.21. The second-order valence-electron chi connectivity index (χ2n) is 16.5. The van der Waals surface area contributed by atoms with E-state index in [1.807, 2.05) is 67.3 Å². The SMILES string of the molecule is CCC(C)[C@@H]([C@@H](CC(=O)N1CCC[C@H]1[C@H](OC)[C@@H](C)C(=O)NC(Cc1ccc(O)cc1)C(=O)O)OC)N(C)C(=O)[C@@H](NC(=O)[C@H](C(C)C)N(C)C(C)C)C(C)C. The van der Waals surface area contributed by atoms with Gasteiger partial charge in [0.05, 0.1) is 42.7 Å². The van der Waals surface area contributed by atoms with Crippen LogP contribution in [0, 0.1) is 23.7 Å². The molecule has 2 unspecified atom stereocenters. The predicted octanol–water partition coefficient (Wildman–Crippen LogP) is 3.93. The zero-order valence-corrected chi connectivity index (χ0v) is 36.1. The Bertz CT molecular complexity index is 1440. The van der Waals surface area contributed by atoms with Crippen molar-refractivity contribution in [1.29, 1.82) is 0 Å². The molecule has 2 rings (SSSR count). The van der Waals surface area contributed by atoms with Crippen molar-refractivity contribution in [2.45, 2.75) is 143 Å². The Morgan fingerprint density at radius 2 is 1.50 bits per heavy atom. The summed E-state index contributed by atoms with van der Waals surface area (Å²) in [4.78, 5) is 73.3. The maximum atomic E-state index is 14.3. The molecule has 1 aromatic carbocycles. The Morgan fingerprint density at radius 1 is 0.893 bits per heavy atom. The molecule has 1 aliphatic heterocycles. The summed E-state index contributed by atoms with van der Waals surface area (Å²) < 4.78 is 11.9. The highest BCUT2D eigenvalue weighted by atomic mass is 16.5. The summed E-state index contributed by atoms with van der Waals surface area (Å²) >= 11 is 0. The molecule has 1 saturated heterocycles. The first-order chi connectivity index (χ1) is 26.2. The van der Waals surface area contributed by atoms with Gasteiger partial charge < -0.3 is 40.1 Å². The van der Waals surface area contributed by atoms with Gasteiger partial charge in [0.15, 0.2) is 0 Å². The van der Waals surface area contributed by atoms with E-state index in [4.69, 9.17) is 9.47 Å². The number of aromatic hydroxyl groups is 1. The van der Waals surface area contributed by atoms with E-state index in [-0.39, 0.29) is 60.1 Å². The van der Waals surface area contributed by atoms with Gasteiger partial charge in [-0.25, -0.2) is 4.79 Å². The predicted molar refractivity (Wildman–Crippen MR) is 216 cm³/mol. The first kappa shape index (κ1) is 48.4. The highest BCUT2D eigenvalue weighted by Gasteiger charge is 2.43. The highest BCUT2D eigenvalue weighted by Crippen LogP contribution is 2.30. The van der Waals surface area contributed by atoms with E-state index in [0.717, 1.165) is 0 Å². The molecule has 4 N–H and O–H groups in total. The van der Waals surface area contributed by atoms with E-state index in [9.17, 15) is 34.2 Å². The number of aliphatic carboxylic acids is 1. The Balaban J connectivity index is 2.29. The van der Waals surface area contributed by atoms with Crippen molar-refractivity contribution in [3.63, 3.8) is 0 Å². The number of carboxylic acid groups (broad SMARTS) is 1. The molecular weight excluding hydrogens is 718 g/mol. The summed E-state index contributed by atoms with van der Waals surface area (Å²) in [6.07, 6.45) is 0.569. The lowest BCUT2D eigenvalue weighted by atomic mass is 9.89. The summed E-state index contributed by atoms with van der Waals surface area (Å²) in [5, 5.41) is 25.2. The minimum absolute atomic E-state index is 0.0162. The molecule has 14 heteroatoms. The van der Waals surface area contributed by atoms with Gasteiger partial charge in [-0.1, -0.05) is 67.0 Å². The molecule has 4 amide bonds. The Kier molecular flexibility index (Phi) is 19.2. The maximum absolute atomic E-state index is 14.3. The van der Waals surface area contributed by atoms with Gasteiger partial charge in [0.2, 0.25) is 23.6 Å². The number of nitrogens with one attached hydrogen (secondary N) is 2. The Hall–Kier alpha value is -3.75. The minimum Gasteiger partial charge on any atom is -0.508 e. The summed E-state index contributed by atoms with van der Waals surface area (Å²) in [7, 11) is 6.64. The largest absolute Gasteiger partial charge is 0.508 e. The van der Waals surface area contributed by atoms with Crippen LogP contribution in [0.2, 0.25) is 0 Å². The zero-order chi connectivity index (χ0) is 42.6. The van der Waals surface area contributed by atoms with Gasteiger partial charge >= 0.3 is 5.97 Å². The van der Waals surface area contributed by atoms with Crippen LogP contribution in [0.15, 0.2) is 24.3 Å². The number of carbonyl (C=O) groups is 5. The van der Waals surface area contributed by atoms with Crippen LogP contribution in [-0.2, 0) is 39.9 Å². The summed E-state index contributed by atoms with van der Waals surface area (Å²) in [6, 6.07) is 2.86. The molecule has 0 saturated carbocycles. The number of phenolic OH excluding ortho intramolecular Hbond substituents is 1. The number of ether oxygens (including phenoxy) is 2. The number of carboxylic acids is 1. The second kappa shape index (κ2) is 22.3. The molecule has 0 aliphatic carbocycles. The van der Waals surface area contributed by atoms with Crippen molar-refractivity contribution in [2.75, 3.05) is 34.9 Å². The van der Waals surface area contributed by atoms with E-state index in [1.165, 1.54) is 26.4 Å². The Morgan fingerprint density at radius 3 is 1.98 bits per heavy atom. The van der Waals surface area contributed by atoms with Crippen molar-refractivity contribution >= 4 is 29.6 Å². The van der Waals surface area contributed by atoms with E-state index < -0.39 is 60.2 Å². The lowest BCUT2D eigenvalue weighted by Crippen LogP contribution is -2.60. The number of nitrogens with zero attached hydrogens (tertiary/aromatic N) is 3. The van der Waals surface area contributed by atoms with Gasteiger partial charge in [0.1, 0.15) is 17.8 Å². The van der Waals surface area contributed by atoms with E-state index in [2.05, 4.69) is 10.6 Å². The third-order valence-electron chi connectivity index (χ3n) is 11.6. The second-order valence-corrected chi connectivity index (χ2v) is 16.5. The molecule has 0 bridgehead atoms. The monoisotopic (exact) mass is 790 g/mol. The molecule has 56 heavy (non-hydrogen) atoms. The molecular formula is C42H71N5O9. The first-order valence-corrected chi connectivity index (χ1v) is 20.2. The summed E-state index contributed by atoms with van der Waals surface area (Å²) in [5.41, 5.74) is 0.633. The fourth-order valence-electron chi connectivity index (χ4n) is 7.93. The lowest BCUT2D eigenvalue weighted by molar-refractivity contribution is -0.148. The van der Waals surface area contributed by atoms with Crippen LogP contribution in [0.1, 0.15) is 93.6 Å². The van der Waals surface area contributed by atoms with Crippen molar-refractivity contribution in [3.05, 3.63) is 29.8 Å². The van der Waals surface area contributed by atoms with Crippen LogP contribution in [0.3, 0.4) is 0 Å². The average Bonchev–Trinajstić information content (AvgIpc) is 3.63. The number of rotatable bonds is 22. The first-order valence-electron chi connectivity index (χ1n) is 20.2. The maximum Gasteiger partial charge on any atom is 0.326 e. The van der Waals surface area contributed by atoms with Gasteiger partial charge in [-0.15, -0.1) is 0 Å². The molecule has 0 aromatic heterocycles. The van der Waals surface area contributed by atoms with Crippen LogP contribution in [0.4, 0.5) is 0 Å². The smallest absolute Gasteiger partial charge is 0.326 e. The molecule has 14 nitrogen and oxygen atoms in total. The van der Waals surface area contributed by atoms with Crippen LogP contribution < -0.4 is 10.6 Å². The zero-order valence-electron chi connectivity index (χ0n) is 36.1.